The second-order valence-electron chi connectivity index (χ2n) is 5.18. The zero-order valence-electron chi connectivity index (χ0n) is 9.63. The topological polar surface area (TPSA) is 46.5 Å². The van der Waals surface area contributed by atoms with Crippen molar-refractivity contribution in [3.05, 3.63) is 23.8 Å². The summed E-state index contributed by atoms with van der Waals surface area (Å²) in [4.78, 5) is 10.7. The summed E-state index contributed by atoms with van der Waals surface area (Å²) in [5, 5.41) is 9.72. The lowest BCUT2D eigenvalue weighted by atomic mass is 9.98. The molecule has 1 aromatic rings. The Labute approximate surface area is 100 Å². The fourth-order valence-corrected chi connectivity index (χ4v) is 3.19. The van der Waals surface area contributed by atoms with Crippen LogP contribution in [0.4, 0.5) is 0 Å². The normalized spacial score (nSPS) is 30.5. The highest BCUT2D eigenvalue weighted by Gasteiger charge is 2.41. The van der Waals surface area contributed by atoms with E-state index in [-0.39, 0.29) is 11.9 Å². The molecule has 0 aromatic heterocycles. The number of carbonyl (C=O) groups excluding carboxylic acids is 1. The Bertz CT molecular complexity index is 441. The third-order valence-electron chi connectivity index (χ3n) is 4.07. The van der Waals surface area contributed by atoms with Crippen molar-refractivity contribution in [2.24, 2.45) is 11.8 Å². The molecular formula is C14H16O3. The number of hydrogen-bond donors (Lipinski definition) is 1. The molecule has 2 saturated carbocycles. The molecule has 2 bridgehead atoms. The molecule has 0 radical (unpaired) electrons. The van der Waals surface area contributed by atoms with Gasteiger partial charge in [0.05, 0.1) is 0 Å². The number of aromatic hydroxyl groups is 1. The Kier molecular flexibility index (Phi) is 2.54. The Morgan fingerprint density at radius 2 is 2.18 bits per heavy atom. The van der Waals surface area contributed by atoms with E-state index >= 15 is 0 Å². The zero-order chi connectivity index (χ0) is 11.8. The van der Waals surface area contributed by atoms with Gasteiger partial charge in [0.15, 0.2) is 11.5 Å². The minimum Gasteiger partial charge on any atom is -0.504 e. The molecule has 0 spiro atoms. The van der Waals surface area contributed by atoms with Crippen LogP contribution in [-0.4, -0.2) is 17.5 Å². The number of carbonyl (C=O) groups is 1. The fourth-order valence-electron chi connectivity index (χ4n) is 3.19. The Balaban J connectivity index is 1.78. The number of rotatable bonds is 3. The van der Waals surface area contributed by atoms with Crippen molar-refractivity contribution in [1.82, 2.24) is 0 Å². The molecule has 0 amide bonds. The Morgan fingerprint density at radius 3 is 2.82 bits per heavy atom. The van der Waals surface area contributed by atoms with Gasteiger partial charge in [-0.1, -0.05) is 0 Å². The molecule has 3 nitrogen and oxygen atoms in total. The largest absolute Gasteiger partial charge is 0.504 e. The number of phenolic OH excluding ortho intramolecular Hbond substituents is 1. The van der Waals surface area contributed by atoms with Crippen LogP contribution < -0.4 is 4.74 Å². The molecule has 1 N–H and O–H groups in total. The predicted octanol–water partition coefficient (Wildman–Crippen LogP) is 2.77. The number of hydrogen-bond acceptors (Lipinski definition) is 3. The predicted molar refractivity (Wildman–Crippen MR) is 63.4 cm³/mol. The smallest absolute Gasteiger partial charge is 0.162 e. The van der Waals surface area contributed by atoms with Gasteiger partial charge in [0.25, 0.3) is 0 Å². The summed E-state index contributed by atoms with van der Waals surface area (Å²) in [7, 11) is 0. The average Bonchev–Trinajstić information content (AvgIpc) is 2.94. The molecule has 0 saturated heterocycles. The molecule has 17 heavy (non-hydrogen) atoms. The molecule has 3 unspecified atom stereocenters. The molecule has 2 fully saturated rings. The molecular weight excluding hydrogens is 216 g/mol. The third kappa shape index (κ3) is 1.90. The van der Waals surface area contributed by atoms with Gasteiger partial charge < -0.3 is 9.84 Å². The fraction of sp³-hybridized carbons (Fsp3) is 0.500. The molecule has 0 heterocycles. The van der Waals surface area contributed by atoms with E-state index in [1.165, 1.54) is 25.3 Å². The Hall–Kier alpha value is -1.51. The van der Waals surface area contributed by atoms with E-state index in [1.54, 1.807) is 12.1 Å². The molecule has 1 aromatic carbocycles. The quantitative estimate of drug-likeness (QED) is 0.815. The summed E-state index contributed by atoms with van der Waals surface area (Å²) in [5.74, 6) is 2.02. The van der Waals surface area contributed by atoms with Crippen LogP contribution in [0, 0.1) is 11.8 Å². The van der Waals surface area contributed by atoms with Gasteiger partial charge in [-0.3, -0.25) is 4.79 Å². The summed E-state index contributed by atoms with van der Waals surface area (Å²) in [6.45, 7) is 0. The van der Waals surface area contributed by atoms with Gasteiger partial charge in [-0.2, -0.15) is 0 Å². The third-order valence-corrected chi connectivity index (χ3v) is 4.07. The van der Waals surface area contributed by atoms with Crippen molar-refractivity contribution in [3.63, 3.8) is 0 Å². The van der Waals surface area contributed by atoms with E-state index < -0.39 is 0 Å². The molecule has 2 aliphatic rings. The monoisotopic (exact) mass is 232 g/mol. The van der Waals surface area contributed by atoms with Crippen molar-refractivity contribution in [2.45, 2.75) is 31.8 Å². The summed E-state index contributed by atoms with van der Waals surface area (Å²) in [6.07, 6.45) is 5.91. The van der Waals surface area contributed by atoms with Crippen molar-refractivity contribution in [3.8, 4) is 11.5 Å². The number of benzene rings is 1. The van der Waals surface area contributed by atoms with Gasteiger partial charge >= 0.3 is 0 Å². The van der Waals surface area contributed by atoms with E-state index in [0.717, 1.165) is 18.6 Å². The maximum absolute atomic E-state index is 10.7. The van der Waals surface area contributed by atoms with Crippen molar-refractivity contribution >= 4 is 6.29 Å². The molecule has 0 aliphatic heterocycles. The molecule has 2 aliphatic carbocycles. The molecule has 90 valence electrons. The van der Waals surface area contributed by atoms with E-state index in [0.29, 0.717) is 17.2 Å². The molecule has 3 rings (SSSR count). The second kappa shape index (κ2) is 4.06. The number of phenols is 1. The van der Waals surface area contributed by atoms with Crippen LogP contribution in [0.5, 0.6) is 11.5 Å². The lowest BCUT2D eigenvalue weighted by molar-refractivity contribution is 0.112. The van der Waals surface area contributed by atoms with Crippen molar-refractivity contribution in [1.29, 1.82) is 0 Å². The Morgan fingerprint density at radius 1 is 1.29 bits per heavy atom. The highest BCUT2D eigenvalue weighted by molar-refractivity contribution is 5.76. The maximum Gasteiger partial charge on any atom is 0.162 e. The van der Waals surface area contributed by atoms with Crippen LogP contribution in [0.3, 0.4) is 0 Å². The first-order valence-corrected chi connectivity index (χ1v) is 6.21. The van der Waals surface area contributed by atoms with Gasteiger partial charge in [-0.15, -0.1) is 0 Å². The van der Waals surface area contributed by atoms with Crippen LogP contribution in [0.15, 0.2) is 18.2 Å². The van der Waals surface area contributed by atoms with Crippen molar-refractivity contribution in [2.75, 3.05) is 0 Å². The minimum absolute atomic E-state index is 0.123. The van der Waals surface area contributed by atoms with E-state index in [1.807, 2.05) is 0 Å². The number of fused-ring (bicyclic) bond motifs is 2. The van der Waals surface area contributed by atoms with E-state index in [4.69, 9.17) is 4.74 Å². The first kappa shape index (κ1) is 10.6. The number of ether oxygens (including phenoxy) is 1. The van der Waals surface area contributed by atoms with Crippen LogP contribution in [0.1, 0.15) is 36.0 Å². The first-order chi connectivity index (χ1) is 8.26. The highest BCUT2D eigenvalue weighted by atomic mass is 16.5. The highest BCUT2D eigenvalue weighted by Crippen LogP contribution is 2.46. The SMILES string of the molecule is O=Cc1ccc(O)c(OC2CC3CCC2C3)c1. The lowest BCUT2D eigenvalue weighted by Gasteiger charge is -2.23. The molecule has 3 heteroatoms. The van der Waals surface area contributed by atoms with Crippen LogP contribution in [0.25, 0.3) is 0 Å². The van der Waals surface area contributed by atoms with Crippen LogP contribution >= 0.6 is 0 Å². The number of aldehydes is 1. The van der Waals surface area contributed by atoms with Gasteiger partial charge in [0.1, 0.15) is 12.4 Å². The summed E-state index contributed by atoms with van der Waals surface area (Å²) in [6, 6.07) is 4.73. The van der Waals surface area contributed by atoms with Crippen LogP contribution in [-0.2, 0) is 0 Å². The van der Waals surface area contributed by atoms with E-state index in [2.05, 4.69) is 0 Å². The summed E-state index contributed by atoms with van der Waals surface area (Å²) in [5.41, 5.74) is 0.543. The van der Waals surface area contributed by atoms with Gasteiger partial charge in [-0.25, -0.2) is 0 Å². The zero-order valence-corrected chi connectivity index (χ0v) is 9.63. The van der Waals surface area contributed by atoms with Gasteiger partial charge in [0, 0.05) is 5.56 Å². The van der Waals surface area contributed by atoms with Gasteiger partial charge in [-0.05, 0) is 55.7 Å². The average molecular weight is 232 g/mol. The lowest BCUT2D eigenvalue weighted by Crippen LogP contribution is -2.23. The van der Waals surface area contributed by atoms with Crippen molar-refractivity contribution < 1.29 is 14.6 Å². The first-order valence-electron chi connectivity index (χ1n) is 6.21. The maximum atomic E-state index is 10.7. The summed E-state index contributed by atoms with van der Waals surface area (Å²) < 4.78 is 5.87. The minimum atomic E-state index is 0.123. The van der Waals surface area contributed by atoms with Crippen LogP contribution in [0.2, 0.25) is 0 Å². The second-order valence-corrected chi connectivity index (χ2v) is 5.18. The summed E-state index contributed by atoms with van der Waals surface area (Å²) >= 11 is 0. The molecule has 3 atom stereocenters. The van der Waals surface area contributed by atoms with Gasteiger partial charge in [0.2, 0.25) is 0 Å². The van der Waals surface area contributed by atoms with E-state index in [9.17, 15) is 9.90 Å². The standard InChI is InChI=1S/C14H16O3/c15-8-10-2-4-12(16)14(7-10)17-13-6-9-1-3-11(13)5-9/h2,4,7-9,11,13,16H,1,3,5-6H2.